The van der Waals surface area contributed by atoms with Crippen molar-refractivity contribution < 1.29 is 1.43 Å². The van der Waals surface area contributed by atoms with Crippen LogP contribution in [0.25, 0.3) is 0 Å². The molecule has 0 aliphatic rings. The Morgan fingerprint density at radius 2 is 2.33 bits per heavy atom. The van der Waals surface area contributed by atoms with Crippen LogP contribution in [0.1, 0.15) is 26.8 Å². The summed E-state index contributed by atoms with van der Waals surface area (Å²) in [5, 5.41) is 0. The summed E-state index contributed by atoms with van der Waals surface area (Å²) in [6, 6.07) is 0. The Kier molecular flexibility index (Phi) is 1.88. The van der Waals surface area contributed by atoms with Crippen LogP contribution in [-0.4, -0.2) is 9.97 Å². The number of nitrogens with zero attached hydrogens (tertiary/aromatic N) is 1. The van der Waals surface area contributed by atoms with Gasteiger partial charge in [-0.3, -0.25) is 0 Å². The molecule has 0 amide bonds. The van der Waals surface area contributed by atoms with Gasteiger partial charge in [-0.25, -0.2) is 4.98 Å². The van der Waals surface area contributed by atoms with E-state index in [-0.39, 0.29) is 1.43 Å². The first-order chi connectivity index (χ1) is 4.36. The standard InChI is InChI=1S/C7H12N2.H2/c1-3-6-5-8-7(4-2)9-6;/h5H,3-4H2,1-2H3,(H,8,9);1H. The highest BCUT2D eigenvalue weighted by molar-refractivity contribution is 5.00. The molecule has 1 aromatic rings. The summed E-state index contributed by atoms with van der Waals surface area (Å²) in [4.78, 5) is 7.35. The molecule has 1 heterocycles. The van der Waals surface area contributed by atoms with Crippen LogP contribution in [0.4, 0.5) is 0 Å². The molecule has 0 atom stereocenters. The second kappa shape index (κ2) is 2.67. The van der Waals surface area contributed by atoms with Gasteiger partial charge in [0.05, 0.1) is 0 Å². The molecule has 0 unspecified atom stereocenters. The fourth-order valence-corrected chi connectivity index (χ4v) is 0.765. The molecule has 0 saturated heterocycles. The lowest BCUT2D eigenvalue weighted by Crippen LogP contribution is -1.82. The molecule has 0 bridgehead atoms. The highest BCUT2D eigenvalue weighted by Crippen LogP contribution is 1.96. The van der Waals surface area contributed by atoms with Crippen molar-refractivity contribution in [1.82, 2.24) is 9.97 Å². The molecule has 0 saturated carbocycles. The van der Waals surface area contributed by atoms with Crippen molar-refractivity contribution >= 4 is 0 Å². The number of aromatic amines is 1. The number of H-pyrrole nitrogens is 1. The molecule has 2 heteroatoms. The molecule has 9 heavy (non-hydrogen) atoms. The molecule has 1 aromatic heterocycles. The maximum atomic E-state index is 4.15. The van der Waals surface area contributed by atoms with Gasteiger partial charge >= 0.3 is 0 Å². The van der Waals surface area contributed by atoms with E-state index in [0.717, 1.165) is 18.7 Å². The maximum Gasteiger partial charge on any atom is 0.105 e. The fraction of sp³-hybridized carbons (Fsp3) is 0.571. The SMILES string of the molecule is CCc1cnc(CC)[nH]1.[HH]. The summed E-state index contributed by atoms with van der Waals surface area (Å²) < 4.78 is 0. The number of rotatable bonds is 2. The van der Waals surface area contributed by atoms with Crippen molar-refractivity contribution in [3.8, 4) is 0 Å². The lowest BCUT2D eigenvalue weighted by Gasteiger charge is -1.85. The molecule has 1 rings (SSSR count). The van der Waals surface area contributed by atoms with E-state index in [1.807, 2.05) is 6.20 Å². The number of aromatic nitrogens is 2. The summed E-state index contributed by atoms with van der Waals surface area (Å²) in [5.74, 6) is 1.09. The van der Waals surface area contributed by atoms with E-state index in [0.29, 0.717) is 0 Å². The van der Waals surface area contributed by atoms with Crippen LogP contribution in [0.5, 0.6) is 0 Å². The van der Waals surface area contributed by atoms with Gasteiger partial charge in [0, 0.05) is 19.7 Å². The first-order valence-electron chi connectivity index (χ1n) is 3.39. The zero-order valence-electron chi connectivity index (χ0n) is 5.94. The van der Waals surface area contributed by atoms with E-state index in [9.17, 15) is 0 Å². The van der Waals surface area contributed by atoms with Crippen LogP contribution in [0.2, 0.25) is 0 Å². The Morgan fingerprint density at radius 3 is 2.67 bits per heavy atom. The summed E-state index contributed by atoms with van der Waals surface area (Å²) in [5.41, 5.74) is 1.23. The third kappa shape index (κ3) is 1.31. The predicted molar refractivity (Wildman–Crippen MR) is 39.5 cm³/mol. The fourth-order valence-electron chi connectivity index (χ4n) is 0.765. The average Bonchev–Trinajstić information content (AvgIpc) is 2.34. The minimum Gasteiger partial charge on any atom is -0.346 e. The van der Waals surface area contributed by atoms with E-state index in [4.69, 9.17) is 0 Å². The summed E-state index contributed by atoms with van der Waals surface area (Å²) in [6.45, 7) is 4.21. The molecular weight excluding hydrogens is 112 g/mol. The summed E-state index contributed by atoms with van der Waals surface area (Å²) in [6.07, 6.45) is 3.95. The van der Waals surface area contributed by atoms with Crippen molar-refractivity contribution in [3.63, 3.8) is 0 Å². The number of hydrogen-bond acceptors (Lipinski definition) is 1. The molecule has 1 N–H and O–H groups in total. The highest BCUT2D eigenvalue weighted by atomic mass is 14.9. The molecule has 0 radical (unpaired) electrons. The number of nitrogens with one attached hydrogen (secondary N) is 1. The van der Waals surface area contributed by atoms with E-state index < -0.39 is 0 Å². The van der Waals surface area contributed by atoms with Crippen LogP contribution in [0, 0.1) is 0 Å². The van der Waals surface area contributed by atoms with E-state index >= 15 is 0 Å². The lowest BCUT2D eigenvalue weighted by atomic mass is 10.4. The Balaban J connectivity index is 0.000000810. The largest absolute Gasteiger partial charge is 0.346 e. The van der Waals surface area contributed by atoms with Crippen molar-refractivity contribution in [1.29, 1.82) is 0 Å². The Morgan fingerprint density at radius 1 is 1.56 bits per heavy atom. The molecule has 0 aromatic carbocycles. The number of imidazole rings is 1. The van der Waals surface area contributed by atoms with Crippen LogP contribution in [0.15, 0.2) is 6.20 Å². The van der Waals surface area contributed by atoms with E-state index in [1.165, 1.54) is 5.69 Å². The Hall–Kier alpha value is -0.790. The summed E-state index contributed by atoms with van der Waals surface area (Å²) >= 11 is 0. The van der Waals surface area contributed by atoms with Crippen LogP contribution < -0.4 is 0 Å². The number of hydrogen-bond donors (Lipinski definition) is 1. The number of aryl methyl sites for hydroxylation is 2. The second-order valence-electron chi connectivity index (χ2n) is 2.06. The van der Waals surface area contributed by atoms with Gasteiger partial charge in [0.15, 0.2) is 0 Å². The molecule has 0 aliphatic carbocycles. The van der Waals surface area contributed by atoms with Crippen LogP contribution in [-0.2, 0) is 12.8 Å². The van der Waals surface area contributed by atoms with Crippen molar-refractivity contribution in [3.05, 3.63) is 17.7 Å². The third-order valence-corrected chi connectivity index (χ3v) is 1.40. The quantitative estimate of drug-likeness (QED) is 0.643. The topological polar surface area (TPSA) is 28.7 Å². The normalized spacial score (nSPS) is 10.0. The van der Waals surface area contributed by atoms with Gasteiger partial charge in [-0.1, -0.05) is 13.8 Å². The van der Waals surface area contributed by atoms with Gasteiger partial charge in [0.25, 0.3) is 0 Å². The first-order valence-corrected chi connectivity index (χ1v) is 3.39. The van der Waals surface area contributed by atoms with Gasteiger partial charge in [-0.2, -0.15) is 0 Å². The minimum absolute atomic E-state index is 0. The van der Waals surface area contributed by atoms with E-state index in [1.54, 1.807) is 0 Å². The van der Waals surface area contributed by atoms with Gasteiger partial charge < -0.3 is 4.98 Å². The highest BCUT2D eigenvalue weighted by Gasteiger charge is 1.93. The van der Waals surface area contributed by atoms with Gasteiger partial charge in [0.2, 0.25) is 0 Å². The van der Waals surface area contributed by atoms with Crippen LogP contribution in [0.3, 0.4) is 0 Å². The lowest BCUT2D eigenvalue weighted by molar-refractivity contribution is 0.963. The molecule has 0 spiro atoms. The van der Waals surface area contributed by atoms with Gasteiger partial charge in [-0.05, 0) is 6.42 Å². The van der Waals surface area contributed by atoms with Gasteiger partial charge in [0.1, 0.15) is 5.82 Å². The van der Waals surface area contributed by atoms with Crippen LogP contribution >= 0.6 is 0 Å². The molecular formula is C7H14N2. The zero-order valence-corrected chi connectivity index (χ0v) is 5.94. The molecule has 2 nitrogen and oxygen atoms in total. The maximum absolute atomic E-state index is 4.15. The van der Waals surface area contributed by atoms with Crippen molar-refractivity contribution in [2.45, 2.75) is 26.7 Å². The predicted octanol–water partition coefficient (Wildman–Crippen LogP) is 1.78. The second-order valence-corrected chi connectivity index (χ2v) is 2.06. The first kappa shape index (κ1) is 6.33. The van der Waals surface area contributed by atoms with Crippen molar-refractivity contribution in [2.24, 2.45) is 0 Å². The average molecular weight is 126 g/mol. The smallest absolute Gasteiger partial charge is 0.105 e. The Labute approximate surface area is 56.8 Å². The Bertz CT molecular complexity index is 165. The molecule has 0 fully saturated rings. The minimum atomic E-state index is 0. The summed E-state index contributed by atoms with van der Waals surface area (Å²) in [7, 11) is 0. The monoisotopic (exact) mass is 126 g/mol. The van der Waals surface area contributed by atoms with E-state index in [2.05, 4.69) is 23.8 Å². The van der Waals surface area contributed by atoms with Crippen molar-refractivity contribution in [2.75, 3.05) is 0 Å². The van der Waals surface area contributed by atoms with Gasteiger partial charge in [-0.15, -0.1) is 0 Å². The molecule has 0 aliphatic heterocycles. The molecule has 52 valence electrons. The third-order valence-electron chi connectivity index (χ3n) is 1.40. The zero-order chi connectivity index (χ0) is 6.69.